The molecular weight excluding hydrogens is 276 g/mol. The molecule has 0 atom stereocenters. The molecule has 0 saturated carbocycles. The van der Waals surface area contributed by atoms with Crippen molar-refractivity contribution in [2.45, 2.75) is 26.8 Å². The maximum atomic E-state index is 12.5. The van der Waals surface area contributed by atoms with E-state index >= 15 is 0 Å². The highest BCUT2D eigenvalue weighted by Gasteiger charge is 2.15. The third-order valence-electron chi connectivity index (χ3n) is 3.65. The number of aromatic nitrogens is 2. The minimum atomic E-state index is 0.0626. The first kappa shape index (κ1) is 16.2. The van der Waals surface area contributed by atoms with Crippen LogP contribution in [0.4, 0.5) is 0 Å². The summed E-state index contributed by atoms with van der Waals surface area (Å²) in [6.07, 6.45) is 0.837. The van der Waals surface area contributed by atoms with E-state index in [-0.39, 0.29) is 12.5 Å². The van der Waals surface area contributed by atoms with Gasteiger partial charge in [0.15, 0.2) is 0 Å². The Morgan fingerprint density at radius 2 is 1.95 bits per heavy atom. The van der Waals surface area contributed by atoms with E-state index in [1.165, 1.54) is 5.56 Å². The molecule has 0 spiro atoms. The highest BCUT2D eigenvalue weighted by atomic mass is 16.2. The number of nitrogens with two attached hydrogens (primary N) is 1. The summed E-state index contributed by atoms with van der Waals surface area (Å²) in [6.45, 7) is 5.89. The Hall–Kier alpha value is -2.14. The van der Waals surface area contributed by atoms with Gasteiger partial charge in [0.1, 0.15) is 6.54 Å². The monoisotopic (exact) mass is 300 g/mol. The largest absolute Gasteiger partial charge is 0.339 e. The van der Waals surface area contributed by atoms with Crippen LogP contribution in [0, 0.1) is 13.8 Å². The molecule has 0 radical (unpaired) electrons. The number of nitrogens with zero attached hydrogens (tertiary/aromatic N) is 3. The van der Waals surface area contributed by atoms with Crippen molar-refractivity contribution in [1.82, 2.24) is 14.7 Å². The van der Waals surface area contributed by atoms with E-state index in [9.17, 15) is 4.79 Å². The number of carbonyl (C=O) groups is 1. The summed E-state index contributed by atoms with van der Waals surface area (Å²) in [4.78, 5) is 14.3. The molecule has 5 nitrogen and oxygen atoms in total. The second-order valence-electron chi connectivity index (χ2n) is 5.49. The maximum Gasteiger partial charge on any atom is 0.244 e. The molecule has 2 aromatic rings. The van der Waals surface area contributed by atoms with Gasteiger partial charge in [-0.3, -0.25) is 9.48 Å². The van der Waals surface area contributed by atoms with Gasteiger partial charge in [0.25, 0.3) is 0 Å². The van der Waals surface area contributed by atoms with Crippen LogP contribution in [0.1, 0.15) is 17.0 Å². The zero-order valence-corrected chi connectivity index (χ0v) is 13.3. The highest BCUT2D eigenvalue weighted by molar-refractivity contribution is 5.76. The number of benzene rings is 1. The van der Waals surface area contributed by atoms with E-state index in [0.717, 1.165) is 17.8 Å². The van der Waals surface area contributed by atoms with Gasteiger partial charge in [-0.25, -0.2) is 0 Å². The van der Waals surface area contributed by atoms with E-state index in [4.69, 9.17) is 5.73 Å². The lowest BCUT2D eigenvalue weighted by molar-refractivity contribution is -0.132. The number of hydrogen-bond acceptors (Lipinski definition) is 3. The van der Waals surface area contributed by atoms with Crippen LogP contribution in [0.15, 0.2) is 36.4 Å². The Labute approximate surface area is 131 Å². The highest BCUT2D eigenvalue weighted by Crippen LogP contribution is 2.05. The van der Waals surface area contributed by atoms with Crippen molar-refractivity contribution in [3.8, 4) is 0 Å². The Kier molecular flexibility index (Phi) is 5.72. The van der Waals surface area contributed by atoms with Crippen molar-refractivity contribution in [1.29, 1.82) is 0 Å². The number of hydrogen-bond donors (Lipinski definition) is 1. The van der Waals surface area contributed by atoms with Gasteiger partial charge in [-0.2, -0.15) is 5.10 Å². The van der Waals surface area contributed by atoms with Crippen molar-refractivity contribution in [2.75, 3.05) is 19.6 Å². The minimum Gasteiger partial charge on any atom is -0.339 e. The molecule has 1 amide bonds. The molecule has 2 rings (SSSR count). The minimum absolute atomic E-state index is 0.0626. The fourth-order valence-corrected chi connectivity index (χ4v) is 2.49. The van der Waals surface area contributed by atoms with Gasteiger partial charge in [-0.05, 0) is 31.9 Å². The van der Waals surface area contributed by atoms with E-state index in [2.05, 4.69) is 17.2 Å². The molecule has 0 saturated heterocycles. The maximum absolute atomic E-state index is 12.5. The number of aryl methyl sites for hydroxylation is 2. The van der Waals surface area contributed by atoms with Gasteiger partial charge in [-0.1, -0.05) is 30.3 Å². The lowest BCUT2D eigenvalue weighted by Crippen LogP contribution is -2.39. The van der Waals surface area contributed by atoms with Crippen molar-refractivity contribution >= 4 is 5.91 Å². The van der Waals surface area contributed by atoms with Gasteiger partial charge < -0.3 is 10.6 Å². The fourth-order valence-electron chi connectivity index (χ4n) is 2.49. The molecule has 0 unspecified atom stereocenters. The quantitative estimate of drug-likeness (QED) is 0.843. The van der Waals surface area contributed by atoms with Crippen LogP contribution < -0.4 is 5.73 Å². The normalized spacial score (nSPS) is 10.7. The third-order valence-corrected chi connectivity index (χ3v) is 3.65. The standard InChI is InChI=1S/C17H24N4O/c1-14-12-15(2)21(19-14)13-17(22)20(11-9-18)10-8-16-6-4-3-5-7-16/h3-7,12H,8-11,13,18H2,1-2H3. The van der Waals surface area contributed by atoms with Crippen LogP contribution in [0.5, 0.6) is 0 Å². The summed E-state index contributed by atoms with van der Waals surface area (Å²) in [7, 11) is 0. The Morgan fingerprint density at radius 1 is 1.23 bits per heavy atom. The molecule has 118 valence electrons. The summed E-state index contributed by atoms with van der Waals surface area (Å²) >= 11 is 0. The molecule has 5 heteroatoms. The van der Waals surface area contributed by atoms with Crippen LogP contribution >= 0.6 is 0 Å². The third kappa shape index (κ3) is 4.43. The second kappa shape index (κ2) is 7.75. The van der Waals surface area contributed by atoms with Crippen molar-refractivity contribution in [3.63, 3.8) is 0 Å². The van der Waals surface area contributed by atoms with Crippen LogP contribution in [-0.4, -0.2) is 40.2 Å². The first-order chi connectivity index (χ1) is 10.6. The molecule has 1 aromatic heterocycles. The molecule has 0 aliphatic heterocycles. The predicted molar refractivity (Wildman–Crippen MR) is 87.5 cm³/mol. The first-order valence-electron chi connectivity index (χ1n) is 7.63. The number of rotatable bonds is 7. The molecule has 0 bridgehead atoms. The zero-order valence-electron chi connectivity index (χ0n) is 13.3. The average Bonchev–Trinajstić information content (AvgIpc) is 2.82. The molecule has 1 heterocycles. The lowest BCUT2D eigenvalue weighted by Gasteiger charge is -2.22. The molecule has 0 fully saturated rings. The van der Waals surface area contributed by atoms with Crippen LogP contribution in [-0.2, 0) is 17.8 Å². The molecule has 1 aromatic carbocycles. The Balaban J connectivity index is 1.97. The molecular formula is C17H24N4O. The summed E-state index contributed by atoms with van der Waals surface area (Å²) < 4.78 is 1.75. The predicted octanol–water partition coefficient (Wildman–Crippen LogP) is 1.53. The Bertz CT molecular complexity index is 606. The van der Waals surface area contributed by atoms with Crippen molar-refractivity contribution in [3.05, 3.63) is 53.3 Å². The Morgan fingerprint density at radius 3 is 2.55 bits per heavy atom. The summed E-state index contributed by atoms with van der Waals surface area (Å²) in [6, 6.07) is 12.2. The van der Waals surface area contributed by atoms with Crippen LogP contribution in [0.25, 0.3) is 0 Å². The van der Waals surface area contributed by atoms with Gasteiger partial charge in [0, 0.05) is 25.3 Å². The first-order valence-corrected chi connectivity index (χ1v) is 7.63. The summed E-state index contributed by atoms with van der Waals surface area (Å²) in [5.41, 5.74) is 8.80. The SMILES string of the molecule is Cc1cc(C)n(CC(=O)N(CCN)CCc2ccccc2)n1. The zero-order chi connectivity index (χ0) is 15.9. The summed E-state index contributed by atoms with van der Waals surface area (Å²) in [5.74, 6) is 0.0626. The molecule has 0 aliphatic rings. The lowest BCUT2D eigenvalue weighted by atomic mass is 10.1. The number of amides is 1. The van der Waals surface area contributed by atoms with E-state index in [1.807, 2.05) is 43.0 Å². The topological polar surface area (TPSA) is 64.2 Å². The molecule has 2 N–H and O–H groups in total. The molecule has 22 heavy (non-hydrogen) atoms. The van der Waals surface area contributed by atoms with Gasteiger partial charge in [0.2, 0.25) is 5.91 Å². The van der Waals surface area contributed by atoms with E-state index in [1.54, 1.807) is 4.68 Å². The van der Waals surface area contributed by atoms with E-state index in [0.29, 0.717) is 19.6 Å². The van der Waals surface area contributed by atoms with Crippen molar-refractivity contribution in [2.24, 2.45) is 5.73 Å². The second-order valence-corrected chi connectivity index (χ2v) is 5.49. The van der Waals surface area contributed by atoms with Crippen LogP contribution in [0.2, 0.25) is 0 Å². The fraction of sp³-hybridized carbons (Fsp3) is 0.412. The summed E-state index contributed by atoms with van der Waals surface area (Å²) in [5, 5.41) is 4.35. The smallest absolute Gasteiger partial charge is 0.244 e. The number of carbonyl (C=O) groups excluding carboxylic acids is 1. The van der Waals surface area contributed by atoms with Gasteiger partial charge >= 0.3 is 0 Å². The van der Waals surface area contributed by atoms with E-state index < -0.39 is 0 Å². The average molecular weight is 300 g/mol. The van der Waals surface area contributed by atoms with Crippen molar-refractivity contribution < 1.29 is 4.79 Å². The molecule has 0 aliphatic carbocycles. The van der Waals surface area contributed by atoms with Gasteiger partial charge in [0.05, 0.1) is 5.69 Å². The van der Waals surface area contributed by atoms with Crippen LogP contribution in [0.3, 0.4) is 0 Å². The van der Waals surface area contributed by atoms with Gasteiger partial charge in [-0.15, -0.1) is 0 Å².